The molecule has 0 saturated carbocycles. The second kappa shape index (κ2) is 5.37. The van der Waals surface area contributed by atoms with Crippen molar-refractivity contribution in [2.75, 3.05) is 7.05 Å². The maximum absolute atomic E-state index is 6.17. The molecule has 0 fully saturated rings. The Hall–Kier alpha value is -0.590. The highest BCUT2D eigenvalue weighted by atomic mass is 127. The smallest absolute Gasteiger partial charge is 0.0837 e. The van der Waals surface area contributed by atoms with E-state index in [0.29, 0.717) is 5.02 Å². The van der Waals surface area contributed by atoms with Gasteiger partial charge in [-0.2, -0.15) is 5.10 Å². The molecule has 1 atom stereocenters. The second-order valence-corrected chi connectivity index (χ2v) is 5.43. The molecule has 5 heteroatoms. The third-order valence-electron chi connectivity index (χ3n) is 2.70. The number of rotatable bonds is 3. The fraction of sp³-hybridized carbons (Fsp3) is 0.250. The molecule has 1 heterocycles. The van der Waals surface area contributed by atoms with E-state index in [1.54, 1.807) is 6.20 Å². The molecule has 0 amide bonds. The number of aryl methyl sites for hydroxylation is 1. The number of aromatic nitrogens is 2. The first-order chi connectivity index (χ1) is 8.13. The van der Waals surface area contributed by atoms with Crippen molar-refractivity contribution in [2.24, 2.45) is 7.05 Å². The Labute approximate surface area is 119 Å². The van der Waals surface area contributed by atoms with E-state index in [1.165, 1.54) is 9.13 Å². The van der Waals surface area contributed by atoms with Crippen molar-refractivity contribution < 1.29 is 0 Å². The highest BCUT2D eigenvalue weighted by molar-refractivity contribution is 14.1. The lowest BCUT2D eigenvalue weighted by Gasteiger charge is -2.17. The summed E-state index contributed by atoms with van der Waals surface area (Å²) in [5.41, 5.74) is 2.16. The zero-order valence-corrected chi connectivity index (χ0v) is 12.5. The SMILES string of the molecule is CNC(c1ccc(I)cc1)c1c(Cl)cnn1C. The number of nitrogens with zero attached hydrogens (tertiary/aromatic N) is 2. The van der Waals surface area contributed by atoms with Crippen molar-refractivity contribution >= 4 is 34.2 Å². The summed E-state index contributed by atoms with van der Waals surface area (Å²) in [6, 6.07) is 8.44. The van der Waals surface area contributed by atoms with Crippen LogP contribution in [0.5, 0.6) is 0 Å². The largest absolute Gasteiger partial charge is 0.308 e. The minimum absolute atomic E-state index is 0.0620. The van der Waals surface area contributed by atoms with Crippen LogP contribution in [0.15, 0.2) is 30.5 Å². The minimum Gasteiger partial charge on any atom is -0.308 e. The zero-order valence-electron chi connectivity index (χ0n) is 9.61. The fourth-order valence-electron chi connectivity index (χ4n) is 1.86. The van der Waals surface area contributed by atoms with E-state index < -0.39 is 0 Å². The summed E-state index contributed by atoms with van der Waals surface area (Å²) in [4.78, 5) is 0. The maximum atomic E-state index is 6.17. The van der Waals surface area contributed by atoms with Gasteiger partial charge in [0.05, 0.1) is 23.0 Å². The molecule has 1 aromatic heterocycles. The van der Waals surface area contributed by atoms with Crippen LogP contribution in [-0.4, -0.2) is 16.8 Å². The molecule has 2 aromatic rings. The van der Waals surface area contributed by atoms with Gasteiger partial charge in [-0.3, -0.25) is 4.68 Å². The van der Waals surface area contributed by atoms with Gasteiger partial charge in [-0.15, -0.1) is 0 Å². The molecule has 0 aliphatic carbocycles. The Morgan fingerprint density at radius 2 is 2.00 bits per heavy atom. The first kappa shape index (κ1) is 12.9. The van der Waals surface area contributed by atoms with Crippen LogP contribution in [0.25, 0.3) is 0 Å². The summed E-state index contributed by atoms with van der Waals surface area (Å²) >= 11 is 8.47. The van der Waals surface area contributed by atoms with Gasteiger partial charge in [-0.1, -0.05) is 23.7 Å². The van der Waals surface area contributed by atoms with Crippen molar-refractivity contribution in [2.45, 2.75) is 6.04 Å². The van der Waals surface area contributed by atoms with Crippen LogP contribution in [0.3, 0.4) is 0 Å². The van der Waals surface area contributed by atoms with Crippen LogP contribution >= 0.6 is 34.2 Å². The molecule has 0 saturated heterocycles. The van der Waals surface area contributed by atoms with Crippen LogP contribution in [-0.2, 0) is 7.05 Å². The van der Waals surface area contributed by atoms with Gasteiger partial charge in [0.1, 0.15) is 0 Å². The highest BCUT2D eigenvalue weighted by Crippen LogP contribution is 2.27. The van der Waals surface area contributed by atoms with Crippen LogP contribution in [0.2, 0.25) is 5.02 Å². The lowest BCUT2D eigenvalue weighted by atomic mass is 10.0. The summed E-state index contributed by atoms with van der Waals surface area (Å²) in [5, 5.41) is 8.13. The van der Waals surface area contributed by atoms with Crippen molar-refractivity contribution in [3.8, 4) is 0 Å². The monoisotopic (exact) mass is 361 g/mol. The van der Waals surface area contributed by atoms with Crippen molar-refractivity contribution in [1.29, 1.82) is 0 Å². The molecule has 2 rings (SSSR count). The number of hydrogen-bond donors (Lipinski definition) is 1. The Bertz CT molecular complexity index is 487. The molecule has 3 nitrogen and oxygen atoms in total. The molecule has 0 radical (unpaired) electrons. The van der Waals surface area contributed by atoms with E-state index in [9.17, 15) is 0 Å². The van der Waals surface area contributed by atoms with E-state index in [4.69, 9.17) is 11.6 Å². The second-order valence-electron chi connectivity index (χ2n) is 3.77. The van der Waals surface area contributed by atoms with Crippen LogP contribution in [0, 0.1) is 3.57 Å². The molecule has 1 aromatic carbocycles. The summed E-state index contributed by atoms with van der Waals surface area (Å²) in [5.74, 6) is 0. The van der Waals surface area contributed by atoms with Gasteiger partial charge in [-0.05, 0) is 47.3 Å². The quantitative estimate of drug-likeness (QED) is 0.852. The average molecular weight is 362 g/mol. The lowest BCUT2D eigenvalue weighted by molar-refractivity contribution is 0.606. The first-order valence-corrected chi connectivity index (χ1v) is 6.69. The molecule has 0 aliphatic rings. The van der Waals surface area contributed by atoms with Crippen molar-refractivity contribution in [1.82, 2.24) is 15.1 Å². The van der Waals surface area contributed by atoms with Crippen molar-refractivity contribution in [3.63, 3.8) is 0 Å². The Morgan fingerprint density at radius 3 is 2.47 bits per heavy atom. The van der Waals surface area contributed by atoms with E-state index in [1.807, 2.05) is 18.8 Å². The molecule has 1 N–H and O–H groups in total. The molecule has 0 bridgehead atoms. The van der Waals surface area contributed by atoms with Gasteiger partial charge in [0.2, 0.25) is 0 Å². The third-order valence-corrected chi connectivity index (χ3v) is 3.71. The summed E-state index contributed by atoms with van der Waals surface area (Å²) in [7, 11) is 3.82. The van der Waals surface area contributed by atoms with Crippen LogP contribution in [0.4, 0.5) is 0 Å². The maximum Gasteiger partial charge on any atom is 0.0837 e. The summed E-state index contributed by atoms with van der Waals surface area (Å²) in [6.45, 7) is 0. The first-order valence-electron chi connectivity index (χ1n) is 5.23. The average Bonchev–Trinajstić information content (AvgIpc) is 2.64. The fourth-order valence-corrected chi connectivity index (χ4v) is 2.50. The number of benzene rings is 1. The summed E-state index contributed by atoms with van der Waals surface area (Å²) < 4.78 is 3.03. The van der Waals surface area contributed by atoms with E-state index in [-0.39, 0.29) is 6.04 Å². The molecule has 1 unspecified atom stereocenters. The molecular weight excluding hydrogens is 349 g/mol. The topological polar surface area (TPSA) is 29.9 Å². The standard InChI is InChI=1S/C12H13ClIN3/c1-15-11(8-3-5-9(14)6-4-8)12-10(13)7-16-17(12)2/h3-7,11,15H,1-2H3. The molecule has 90 valence electrons. The predicted octanol–water partition coefficient (Wildman–Crippen LogP) is 2.99. The van der Waals surface area contributed by atoms with E-state index in [2.05, 4.69) is 57.3 Å². The summed E-state index contributed by atoms with van der Waals surface area (Å²) in [6.07, 6.45) is 1.67. The van der Waals surface area contributed by atoms with E-state index in [0.717, 1.165) is 5.69 Å². The number of nitrogens with one attached hydrogen (secondary N) is 1. The number of hydrogen-bond acceptors (Lipinski definition) is 2. The van der Waals surface area contributed by atoms with Crippen molar-refractivity contribution in [3.05, 3.63) is 50.3 Å². The Morgan fingerprint density at radius 1 is 1.35 bits per heavy atom. The number of halogens is 2. The Kier molecular flexibility index (Phi) is 4.06. The normalized spacial score (nSPS) is 12.7. The lowest BCUT2D eigenvalue weighted by Crippen LogP contribution is -2.21. The van der Waals surface area contributed by atoms with Gasteiger partial charge in [0, 0.05) is 10.6 Å². The molecule has 0 aliphatic heterocycles. The van der Waals surface area contributed by atoms with Crippen LogP contribution < -0.4 is 5.32 Å². The van der Waals surface area contributed by atoms with Crippen LogP contribution in [0.1, 0.15) is 17.3 Å². The van der Waals surface area contributed by atoms with Gasteiger partial charge in [-0.25, -0.2) is 0 Å². The van der Waals surface area contributed by atoms with E-state index >= 15 is 0 Å². The Balaban J connectivity index is 2.43. The van der Waals surface area contributed by atoms with Gasteiger partial charge < -0.3 is 5.32 Å². The highest BCUT2D eigenvalue weighted by Gasteiger charge is 2.19. The molecular formula is C12H13ClIN3. The molecule has 17 heavy (non-hydrogen) atoms. The molecule has 0 spiro atoms. The predicted molar refractivity (Wildman–Crippen MR) is 78.3 cm³/mol. The zero-order chi connectivity index (χ0) is 12.4. The van der Waals surface area contributed by atoms with Gasteiger partial charge >= 0.3 is 0 Å². The van der Waals surface area contributed by atoms with Gasteiger partial charge in [0.15, 0.2) is 0 Å². The third kappa shape index (κ3) is 2.64. The van der Waals surface area contributed by atoms with Gasteiger partial charge in [0.25, 0.3) is 0 Å². The minimum atomic E-state index is 0.0620.